The van der Waals surface area contributed by atoms with Gasteiger partial charge in [0.2, 0.25) is 0 Å². The predicted molar refractivity (Wildman–Crippen MR) is 75.2 cm³/mol. The molecule has 0 saturated carbocycles. The van der Waals surface area contributed by atoms with E-state index in [1.165, 1.54) is 12.1 Å². The third kappa shape index (κ3) is 3.91. The topological polar surface area (TPSA) is 42.2 Å². The second-order valence-electron chi connectivity index (χ2n) is 4.47. The van der Waals surface area contributed by atoms with Crippen molar-refractivity contribution in [1.82, 2.24) is 9.88 Å². The molecule has 0 amide bonds. The number of benzene rings is 1. The SMILES string of the molecule is CN(Cc1cccc(F)c1)Cc1nc(N)ccc1Cl. The molecule has 0 fully saturated rings. The molecule has 0 saturated heterocycles. The largest absolute Gasteiger partial charge is 0.384 e. The number of rotatable bonds is 4. The summed E-state index contributed by atoms with van der Waals surface area (Å²) < 4.78 is 13.1. The average Bonchev–Trinajstić information content (AvgIpc) is 2.34. The minimum atomic E-state index is -0.231. The van der Waals surface area contributed by atoms with Crippen LogP contribution in [0, 0.1) is 5.82 Å². The molecule has 2 rings (SSSR count). The maximum atomic E-state index is 13.1. The summed E-state index contributed by atoms with van der Waals surface area (Å²) in [4.78, 5) is 6.20. The van der Waals surface area contributed by atoms with Crippen LogP contribution in [0.15, 0.2) is 36.4 Å². The van der Waals surface area contributed by atoms with Gasteiger partial charge in [-0.15, -0.1) is 0 Å². The molecule has 0 radical (unpaired) electrons. The van der Waals surface area contributed by atoms with Crippen molar-refractivity contribution in [1.29, 1.82) is 0 Å². The molecule has 19 heavy (non-hydrogen) atoms. The molecule has 1 aromatic heterocycles. The Morgan fingerprint density at radius 3 is 2.79 bits per heavy atom. The van der Waals surface area contributed by atoms with Gasteiger partial charge in [-0.2, -0.15) is 0 Å². The number of pyridine rings is 1. The van der Waals surface area contributed by atoms with E-state index in [-0.39, 0.29) is 5.82 Å². The van der Waals surface area contributed by atoms with Crippen LogP contribution in [0.4, 0.5) is 10.2 Å². The Labute approximate surface area is 116 Å². The van der Waals surface area contributed by atoms with E-state index in [0.29, 0.717) is 23.9 Å². The van der Waals surface area contributed by atoms with Crippen LogP contribution >= 0.6 is 11.6 Å². The van der Waals surface area contributed by atoms with Gasteiger partial charge in [0.1, 0.15) is 11.6 Å². The van der Waals surface area contributed by atoms with E-state index < -0.39 is 0 Å². The van der Waals surface area contributed by atoms with E-state index in [0.717, 1.165) is 11.3 Å². The zero-order valence-electron chi connectivity index (χ0n) is 10.6. The fourth-order valence-corrected chi connectivity index (χ4v) is 2.04. The fourth-order valence-electron chi connectivity index (χ4n) is 1.87. The monoisotopic (exact) mass is 279 g/mol. The molecule has 5 heteroatoms. The summed E-state index contributed by atoms with van der Waals surface area (Å²) in [7, 11) is 1.92. The molecule has 0 unspecified atom stereocenters. The van der Waals surface area contributed by atoms with Gasteiger partial charge in [-0.1, -0.05) is 23.7 Å². The van der Waals surface area contributed by atoms with Crippen molar-refractivity contribution in [2.45, 2.75) is 13.1 Å². The summed E-state index contributed by atoms with van der Waals surface area (Å²) >= 11 is 6.06. The van der Waals surface area contributed by atoms with E-state index in [4.69, 9.17) is 17.3 Å². The van der Waals surface area contributed by atoms with Crippen molar-refractivity contribution >= 4 is 17.4 Å². The molecule has 2 aromatic rings. The average molecular weight is 280 g/mol. The van der Waals surface area contributed by atoms with E-state index in [9.17, 15) is 4.39 Å². The minimum Gasteiger partial charge on any atom is -0.384 e. The van der Waals surface area contributed by atoms with Crippen LogP contribution in [0.2, 0.25) is 5.02 Å². The Balaban J connectivity index is 2.05. The lowest BCUT2D eigenvalue weighted by Crippen LogP contribution is -2.18. The van der Waals surface area contributed by atoms with Gasteiger partial charge in [-0.25, -0.2) is 9.37 Å². The summed E-state index contributed by atoms with van der Waals surface area (Å²) in [5, 5.41) is 0.584. The van der Waals surface area contributed by atoms with Crippen molar-refractivity contribution in [2.75, 3.05) is 12.8 Å². The number of hydrogen-bond donors (Lipinski definition) is 1. The first-order valence-electron chi connectivity index (χ1n) is 5.88. The quantitative estimate of drug-likeness (QED) is 0.935. The molecular weight excluding hydrogens is 265 g/mol. The van der Waals surface area contributed by atoms with Gasteiger partial charge in [-0.05, 0) is 36.9 Å². The Morgan fingerprint density at radius 2 is 2.05 bits per heavy atom. The Morgan fingerprint density at radius 1 is 1.26 bits per heavy atom. The highest BCUT2D eigenvalue weighted by molar-refractivity contribution is 6.31. The number of nitrogen functional groups attached to an aromatic ring is 1. The minimum absolute atomic E-state index is 0.231. The third-order valence-corrected chi connectivity index (χ3v) is 3.05. The highest BCUT2D eigenvalue weighted by atomic mass is 35.5. The maximum absolute atomic E-state index is 13.1. The van der Waals surface area contributed by atoms with Gasteiger partial charge < -0.3 is 5.73 Å². The van der Waals surface area contributed by atoms with E-state index >= 15 is 0 Å². The van der Waals surface area contributed by atoms with Crippen LogP contribution in [-0.2, 0) is 13.1 Å². The van der Waals surface area contributed by atoms with Crippen LogP contribution in [0.1, 0.15) is 11.3 Å². The zero-order chi connectivity index (χ0) is 13.8. The smallest absolute Gasteiger partial charge is 0.123 e. The van der Waals surface area contributed by atoms with Gasteiger partial charge in [0.15, 0.2) is 0 Å². The fraction of sp³-hybridized carbons (Fsp3) is 0.214. The summed E-state index contributed by atoms with van der Waals surface area (Å²) in [5.74, 6) is 0.213. The molecule has 1 aromatic carbocycles. The van der Waals surface area contributed by atoms with Crippen LogP contribution in [0.5, 0.6) is 0 Å². The van der Waals surface area contributed by atoms with Crippen LogP contribution in [-0.4, -0.2) is 16.9 Å². The van der Waals surface area contributed by atoms with E-state index in [1.807, 2.05) is 18.0 Å². The maximum Gasteiger partial charge on any atom is 0.123 e. The molecule has 0 aliphatic heterocycles. The first kappa shape index (κ1) is 13.8. The summed E-state index contributed by atoms with van der Waals surface area (Å²) in [6.45, 7) is 1.17. The summed E-state index contributed by atoms with van der Waals surface area (Å²) in [6, 6.07) is 9.93. The highest BCUT2D eigenvalue weighted by Crippen LogP contribution is 2.17. The molecule has 1 heterocycles. The molecule has 0 bridgehead atoms. The first-order valence-corrected chi connectivity index (χ1v) is 6.26. The molecule has 3 nitrogen and oxygen atoms in total. The van der Waals surface area contributed by atoms with Crippen molar-refractivity contribution in [3.63, 3.8) is 0 Å². The normalized spacial score (nSPS) is 10.9. The van der Waals surface area contributed by atoms with Gasteiger partial charge in [0.25, 0.3) is 0 Å². The molecular formula is C14H15ClFN3. The van der Waals surface area contributed by atoms with Crippen molar-refractivity contribution < 1.29 is 4.39 Å². The zero-order valence-corrected chi connectivity index (χ0v) is 11.4. The van der Waals surface area contributed by atoms with Gasteiger partial charge in [0, 0.05) is 13.1 Å². The number of nitrogens with zero attached hydrogens (tertiary/aromatic N) is 2. The van der Waals surface area contributed by atoms with Gasteiger partial charge >= 0.3 is 0 Å². The molecule has 0 aliphatic carbocycles. The number of halogens is 2. The lowest BCUT2D eigenvalue weighted by atomic mass is 10.2. The number of nitrogens with two attached hydrogens (primary N) is 1. The van der Waals surface area contributed by atoms with Crippen molar-refractivity contribution in [3.05, 3.63) is 58.5 Å². The van der Waals surface area contributed by atoms with Crippen molar-refractivity contribution in [2.24, 2.45) is 0 Å². The number of aromatic nitrogens is 1. The Hall–Kier alpha value is -1.65. The Bertz CT molecular complexity index is 574. The van der Waals surface area contributed by atoms with E-state index in [2.05, 4.69) is 4.98 Å². The standard InChI is InChI=1S/C14H15ClFN3/c1-19(8-10-3-2-4-11(16)7-10)9-13-12(15)5-6-14(17)18-13/h2-7H,8-9H2,1H3,(H2,17,18). The second-order valence-corrected chi connectivity index (χ2v) is 4.87. The second kappa shape index (κ2) is 5.99. The van der Waals surface area contributed by atoms with Gasteiger partial charge in [-0.3, -0.25) is 4.90 Å². The lowest BCUT2D eigenvalue weighted by molar-refractivity contribution is 0.315. The predicted octanol–water partition coefficient (Wildman–Crippen LogP) is 3.09. The molecule has 0 atom stereocenters. The number of anilines is 1. The molecule has 0 aliphatic rings. The Kier molecular flexibility index (Phi) is 4.35. The summed E-state index contributed by atoms with van der Waals surface area (Å²) in [6.07, 6.45) is 0. The van der Waals surface area contributed by atoms with E-state index in [1.54, 1.807) is 18.2 Å². The van der Waals surface area contributed by atoms with Crippen LogP contribution in [0.3, 0.4) is 0 Å². The van der Waals surface area contributed by atoms with Gasteiger partial charge in [0.05, 0.1) is 10.7 Å². The molecule has 2 N–H and O–H groups in total. The highest BCUT2D eigenvalue weighted by Gasteiger charge is 2.07. The molecule has 0 spiro atoms. The number of hydrogen-bond acceptors (Lipinski definition) is 3. The lowest BCUT2D eigenvalue weighted by Gasteiger charge is -2.17. The summed E-state index contributed by atoms with van der Waals surface area (Å²) in [5.41, 5.74) is 7.27. The van der Waals surface area contributed by atoms with Crippen LogP contribution < -0.4 is 5.73 Å². The van der Waals surface area contributed by atoms with Crippen LogP contribution in [0.25, 0.3) is 0 Å². The van der Waals surface area contributed by atoms with Crippen molar-refractivity contribution in [3.8, 4) is 0 Å². The molecule has 100 valence electrons. The first-order chi connectivity index (χ1) is 9.04. The third-order valence-electron chi connectivity index (χ3n) is 2.70.